The van der Waals surface area contributed by atoms with Gasteiger partial charge in [-0.25, -0.2) is 0 Å². The zero-order valence-electron chi connectivity index (χ0n) is 12.5. The molecule has 1 aromatic rings. The van der Waals surface area contributed by atoms with Crippen molar-refractivity contribution in [2.75, 3.05) is 18.0 Å². The molecule has 1 fully saturated rings. The Hall–Kier alpha value is -1.35. The van der Waals surface area contributed by atoms with E-state index in [0.29, 0.717) is 11.9 Å². The van der Waals surface area contributed by atoms with Gasteiger partial charge in [-0.3, -0.25) is 4.79 Å². The molecule has 108 valence electrons. The zero-order valence-corrected chi connectivity index (χ0v) is 12.5. The van der Waals surface area contributed by atoms with Gasteiger partial charge in [-0.1, -0.05) is 25.1 Å². The Labute approximate surface area is 121 Å². The minimum atomic E-state index is -0.156. The van der Waals surface area contributed by atoms with Crippen molar-refractivity contribution < 1.29 is 4.79 Å². The molecule has 0 bridgehead atoms. The maximum Gasteiger partial charge on any atom is 0.233 e. The lowest BCUT2D eigenvalue weighted by Gasteiger charge is -2.40. The van der Waals surface area contributed by atoms with Crippen LogP contribution >= 0.6 is 0 Å². The first-order valence-corrected chi connectivity index (χ1v) is 7.80. The molecular weight excluding hydrogens is 248 g/mol. The van der Waals surface area contributed by atoms with E-state index in [2.05, 4.69) is 42.3 Å². The third-order valence-electron chi connectivity index (χ3n) is 5.12. The number of fused-ring (bicyclic) bond motifs is 1. The van der Waals surface area contributed by atoms with Gasteiger partial charge < -0.3 is 10.2 Å². The highest BCUT2D eigenvalue weighted by Gasteiger charge is 2.44. The normalized spacial score (nSPS) is 24.5. The fraction of sp³-hybridized carbons (Fsp3) is 0.588. The van der Waals surface area contributed by atoms with Crippen molar-refractivity contribution in [1.82, 2.24) is 5.32 Å². The number of benzene rings is 1. The fourth-order valence-electron chi connectivity index (χ4n) is 3.75. The quantitative estimate of drug-likeness (QED) is 0.898. The van der Waals surface area contributed by atoms with Crippen LogP contribution in [0.5, 0.6) is 0 Å². The summed E-state index contributed by atoms with van der Waals surface area (Å²) in [5.74, 6) is 0.346. The fourth-order valence-corrected chi connectivity index (χ4v) is 3.75. The van der Waals surface area contributed by atoms with E-state index in [0.717, 1.165) is 44.5 Å². The largest absolute Gasteiger partial charge is 0.317 e. The number of piperidine rings is 1. The smallest absolute Gasteiger partial charge is 0.233 e. The number of carbonyl (C=O) groups excluding carboxylic acids is 1. The van der Waals surface area contributed by atoms with E-state index in [1.54, 1.807) is 0 Å². The lowest BCUT2D eigenvalue weighted by Crippen LogP contribution is -2.50. The second-order valence-corrected chi connectivity index (χ2v) is 6.24. The van der Waals surface area contributed by atoms with Crippen LogP contribution in [0.1, 0.15) is 38.7 Å². The van der Waals surface area contributed by atoms with Crippen LogP contribution in [-0.4, -0.2) is 25.0 Å². The molecule has 1 N–H and O–H groups in total. The van der Waals surface area contributed by atoms with E-state index in [9.17, 15) is 4.79 Å². The summed E-state index contributed by atoms with van der Waals surface area (Å²) in [6.07, 6.45) is 3.86. The molecule has 0 spiro atoms. The number of nitrogens with zero attached hydrogens (tertiary/aromatic N) is 1. The Morgan fingerprint density at radius 2 is 2.05 bits per heavy atom. The molecule has 0 aromatic heterocycles. The van der Waals surface area contributed by atoms with Crippen LogP contribution < -0.4 is 10.2 Å². The van der Waals surface area contributed by atoms with Gasteiger partial charge in [0.15, 0.2) is 0 Å². The molecule has 1 amide bonds. The summed E-state index contributed by atoms with van der Waals surface area (Å²) in [7, 11) is 0. The summed E-state index contributed by atoms with van der Waals surface area (Å²) in [5, 5.41) is 3.38. The molecule has 3 heteroatoms. The number of hydrogen-bond acceptors (Lipinski definition) is 2. The number of hydrogen-bond donors (Lipinski definition) is 1. The van der Waals surface area contributed by atoms with E-state index in [1.165, 1.54) is 5.56 Å². The van der Waals surface area contributed by atoms with E-state index in [-0.39, 0.29) is 5.41 Å². The van der Waals surface area contributed by atoms with Crippen molar-refractivity contribution in [2.45, 2.75) is 45.6 Å². The van der Waals surface area contributed by atoms with Gasteiger partial charge in [-0.2, -0.15) is 0 Å². The van der Waals surface area contributed by atoms with Crippen LogP contribution in [0.3, 0.4) is 0 Å². The Morgan fingerprint density at radius 3 is 2.75 bits per heavy atom. The van der Waals surface area contributed by atoms with Gasteiger partial charge in [0.05, 0.1) is 5.41 Å². The molecule has 0 saturated carbocycles. The standard InChI is InChI=1S/C17H24N2O/c1-3-17(8-10-18-11-9-17)16(20)19-13(2)12-14-6-4-5-7-15(14)19/h4-7,13,18H,3,8-12H2,1-2H3. The third-order valence-corrected chi connectivity index (χ3v) is 5.12. The molecule has 3 rings (SSSR count). The molecule has 1 saturated heterocycles. The number of para-hydroxylation sites is 1. The molecule has 0 aliphatic carbocycles. The Bertz CT molecular complexity index is 505. The van der Waals surface area contributed by atoms with Crippen LogP contribution in [0.15, 0.2) is 24.3 Å². The average molecular weight is 272 g/mol. The number of carbonyl (C=O) groups is 1. The van der Waals surface area contributed by atoms with E-state index in [4.69, 9.17) is 0 Å². The van der Waals surface area contributed by atoms with Crippen molar-refractivity contribution >= 4 is 11.6 Å². The van der Waals surface area contributed by atoms with Crippen LogP contribution in [0.2, 0.25) is 0 Å². The zero-order chi connectivity index (χ0) is 14.2. The van der Waals surface area contributed by atoms with E-state index < -0.39 is 0 Å². The summed E-state index contributed by atoms with van der Waals surface area (Å²) in [5.41, 5.74) is 2.29. The van der Waals surface area contributed by atoms with Gasteiger partial charge in [0, 0.05) is 11.7 Å². The molecule has 0 radical (unpaired) electrons. The molecule has 1 atom stereocenters. The molecule has 20 heavy (non-hydrogen) atoms. The summed E-state index contributed by atoms with van der Waals surface area (Å²) in [6, 6.07) is 8.65. The maximum atomic E-state index is 13.2. The topological polar surface area (TPSA) is 32.3 Å². The van der Waals surface area contributed by atoms with Crippen LogP contribution in [0.4, 0.5) is 5.69 Å². The first-order chi connectivity index (χ1) is 9.68. The van der Waals surface area contributed by atoms with Crippen molar-refractivity contribution in [1.29, 1.82) is 0 Å². The minimum absolute atomic E-state index is 0.156. The van der Waals surface area contributed by atoms with Gasteiger partial charge in [0.1, 0.15) is 0 Å². The Morgan fingerprint density at radius 1 is 1.35 bits per heavy atom. The molecular formula is C17H24N2O. The first kappa shape index (κ1) is 13.6. The lowest BCUT2D eigenvalue weighted by molar-refractivity contribution is -0.130. The Balaban J connectivity index is 1.93. The minimum Gasteiger partial charge on any atom is -0.317 e. The van der Waals surface area contributed by atoms with Crippen LogP contribution in [-0.2, 0) is 11.2 Å². The molecule has 3 nitrogen and oxygen atoms in total. The highest BCUT2D eigenvalue weighted by molar-refractivity contribution is 6.00. The van der Waals surface area contributed by atoms with Crippen molar-refractivity contribution in [3.05, 3.63) is 29.8 Å². The summed E-state index contributed by atoms with van der Waals surface area (Å²) in [4.78, 5) is 15.3. The number of rotatable bonds is 2. The second kappa shape index (κ2) is 5.21. The predicted octanol–water partition coefficient (Wildman–Crippen LogP) is 2.74. The lowest BCUT2D eigenvalue weighted by atomic mass is 9.75. The molecule has 1 unspecified atom stereocenters. The second-order valence-electron chi connectivity index (χ2n) is 6.24. The number of nitrogens with one attached hydrogen (secondary N) is 1. The summed E-state index contributed by atoms with van der Waals surface area (Å²) < 4.78 is 0. The molecule has 1 aromatic carbocycles. The highest BCUT2D eigenvalue weighted by Crippen LogP contribution is 2.40. The van der Waals surface area contributed by atoms with Crippen molar-refractivity contribution in [3.8, 4) is 0 Å². The van der Waals surface area contributed by atoms with Crippen LogP contribution in [0, 0.1) is 5.41 Å². The first-order valence-electron chi connectivity index (χ1n) is 7.80. The SMILES string of the molecule is CCC1(C(=O)N2c3ccccc3CC2C)CCNCC1. The number of amides is 1. The van der Waals surface area contributed by atoms with Gasteiger partial charge in [-0.05, 0) is 57.3 Å². The number of anilines is 1. The van der Waals surface area contributed by atoms with Gasteiger partial charge in [-0.15, -0.1) is 0 Å². The molecule has 2 aliphatic rings. The van der Waals surface area contributed by atoms with E-state index in [1.807, 2.05) is 6.07 Å². The monoisotopic (exact) mass is 272 g/mol. The van der Waals surface area contributed by atoms with Crippen molar-refractivity contribution in [3.63, 3.8) is 0 Å². The molecule has 2 heterocycles. The summed E-state index contributed by atoms with van der Waals surface area (Å²) >= 11 is 0. The van der Waals surface area contributed by atoms with Gasteiger partial charge in [0.25, 0.3) is 0 Å². The maximum absolute atomic E-state index is 13.2. The van der Waals surface area contributed by atoms with Crippen molar-refractivity contribution in [2.24, 2.45) is 5.41 Å². The van der Waals surface area contributed by atoms with E-state index >= 15 is 0 Å². The molecule has 2 aliphatic heterocycles. The van der Waals surface area contributed by atoms with Crippen LogP contribution in [0.25, 0.3) is 0 Å². The Kier molecular flexibility index (Phi) is 3.55. The third kappa shape index (κ3) is 2.05. The van der Waals surface area contributed by atoms with Gasteiger partial charge >= 0.3 is 0 Å². The summed E-state index contributed by atoms with van der Waals surface area (Å²) in [6.45, 7) is 6.26. The predicted molar refractivity (Wildman–Crippen MR) is 81.9 cm³/mol. The highest BCUT2D eigenvalue weighted by atomic mass is 16.2. The average Bonchev–Trinajstić information content (AvgIpc) is 2.83. The van der Waals surface area contributed by atoms with Gasteiger partial charge in [0.2, 0.25) is 5.91 Å².